The van der Waals surface area contributed by atoms with Gasteiger partial charge in [-0.25, -0.2) is 4.98 Å². The molecule has 0 radical (unpaired) electrons. The molecule has 1 saturated carbocycles. The maximum Gasteiger partial charge on any atom is 0.317 e. The van der Waals surface area contributed by atoms with Crippen LogP contribution in [0, 0.1) is 11.3 Å². The molecule has 1 aromatic heterocycles. The fourth-order valence-corrected chi connectivity index (χ4v) is 1.69. The van der Waals surface area contributed by atoms with E-state index in [0.29, 0.717) is 5.69 Å². The predicted molar refractivity (Wildman–Crippen MR) is 53.0 cm³/mol. The van der Waals surface area contributed by atoms with E-state index >= 15 is 0 Å². The van der Waals surface area contributed by atoms with Gasteiger partial charge in [0.15, 0.2) is 0 Å². The summed E-state index contributed by atoms with van der Waals surface area (Å²) in [5.41, 5.74) is 6.08. The van der Waals surface area contributed by atoms with Crippen molar-refractivity contribution in [2.75, 3.05) is 0 Å². The number of rotatable bonds is 2. The van der Waals surface area contributed by atoms with Crippen LogP contribution in [0.15, 0.2) is 12.3 Å². The van der Waals surface area contributed by atoms with Gasteiger partial charge in [0.1, 0.15) is 17.9 Å². The molecule has 0 aromatic carbocycles. The summed E-state index contributed by atoms with van der Waals surface area (Å²) in [6.45, 7) is 0. The summed E-state index contributed by atoms with van der Waals surface area (Å²) in [6.07, 6.45) is 4.36. The molecule has 0 saturated heterocycles. The minimum absolute atomic E-state index is 0.0916. The fraction of sp³-hybridized carbons (Fsp3) is 0.500. The smallest absolute Gasteiger partial charge is 0.317 e. The summed E-state index contributed by atoms with van der Waals surface area (Å²) in [4.78, 5) is 7.90. The molecule has 5 heteroatoms. The van der Waals surface area contributed by atoms with Gasteiger partial charge >= 0.3 is 6.01 Å². The molecule has 1 aliphatic carbocycles. The zero-order chi connectivity index (χ0) is 10.7. The molecule has 15 heavy (non-hydrogen) atoms. The van der Waals surface area contributed by atoms with Crippen LogP contribution in [-0.2, 0) is 0 Å². The van der Waals surface area contributed by atoms with Crippen LogP contribution in [-0.4, -0.2) is 22.1 Å². The summed E-state index contributed by atoms with van der Waals surface area (Å²) in [5, 5.41) is 8.65. The lowest BCUT2D eigenvalue weighted by Gasteiger charge is -2.10. The molecule has 1 fully saturated rings. The zero-order valence-electron chi connectivity index (χ0n) is 8.26. The second kappa shape index (κ2) is 4.24. The van der Waals surface area contributed by atoms with Gasteiger partial charge < -0.3 is 10.5 Å². The summed E-state index contributed by atoms with van der Waals surface area (Å²) in [5.74, 6) is 0. The molecule has 0 spiro atoms. The van der Waals surface area contributed by atoms with Crippen molar-refractivity contribution in [1.82, 2.24) is 9.97 Å². The van der Waals surface area contributed by atoms with Crippen molar-refractivity contribution in [3.63, 3.8) is 0 Å². The number of nitrogens with zero attached hydrogens (tertiary/aromatic N) is 3. The first kappa shape index (κ1) is 9.87. The molecule has 5 nitrogen and oxygen atoms in total. The van der Waals surface area contributed by atoms with Gasteiger partial charge in [0.25, 0.3) is 0 Å². The first-order valence-corrected chi connectivity index (χ1v) is 4.93. The number of hydrogen-bond acceptors (Lipinski definition) is 5. The van der Waals surface area contributed by atoms with Crippen LogP contribution in [0.3, 0.4) is 0 Å². The number of nitriles is 1. The van der Waals surface area contributed by atoms with Gasteiger partial charge in [0.05, 0.1) is 0 Å². The summed E-state index contributed by atoms with van der Waals surface area (Å²) in [7, 11) is 0. The Bertz CT molecular complexity index is 387. The third kappa shape index (κ3) is 2.42. The van der Waals surface area contributed by atoms with Gasteiger partial charge in [-0.2, -0.15) is 10.2 Å². The van der Waals surface area contributed by atoms with E-state index in [1.54, 1.807) is 6.07 Å². The molecule has 2 unspecified atom stereocenters. The molecular formula is C10H12N4O. The lowest BCUT2D eigenvalue weighted by atomic mass is 10.3. The van der Waals surface area contributed by atoms with Gasteiger partial charge in [-0.05, 0) is 25.3 Å². The van der Waals surface area contributed by atoms with Crippen molar-refractivity contribution >= 4 is 0 Å². The molecule has 0 bridgehead atoms. The minimum Gasteiger partial charge on any atom is -0.460 e. The SMILES string of the molecule is N#Cc1ccnc(OC2CCC(N)C2)n1. The third-order valence-corrected chi connectivity index (χ3v) is 2.45. The van der Waals surface area contributed by atoms with Crippen molar-refractivity contribution in [1.29, 1.82) is 5.26 Å². The topological polar surface area (TPSA) is 84.8 Å². The van der Waals surface area contributed by atoms with E-state index in [4.69, 9.17) is 15.7 Å². The Labute approximate surface area is 87.9 Å². The second-order valence-electron chi connectivity index (χ2n) is 3.65. The van der Waals surface area contributed by atoms with Crippen LogP contribution in [0.1, 0.15) is 25.0 Å². The first-order chi connectivity index (χ1) is 7.28. The molecule has 2 rings (SSSR count). The maximum absolute atomic E-state index is 8.65. The monoisotopic (exact) mass is 204 g/mol. The average Bonchev–Trinajstić information content (AvgIpc) is 2.64. The van der Waals surface area contributed by atoms with Gasteiger partial charge in [0.2, 0.25) is 0 Å². The molecule has 78 valence electrons. The van der Waals surface area contributed by atoms with Gasteiger partial charge in [-0.1, -0.05) is 0 Å². The third-order valence-electron chi connectivity index (χ3n) is 2.45. The van der Waals surface area contributed by atoms with Crippen molar-refractivity contribution in [2.45, 2.75) is 31.4 Å². The maximum atomic E-state index is 8.65. The fourth-order valence-electron chi connectivity index (χ4n) is 1.69. The highest BCUT2D eigenvalue weighted by Crippen LogP contribution is 2.21. The van der Waals surface area contributed by atoms with Crippen LogP contribution >= 0.6 is 0 Å². The van der Waals surface area contributed by atoms with Crippen LogP contribution in [0.5, 0.6) is 6.01 Å². The van der Waals surface area contributed by atoms with Crippen LogP contribution < -0.4 is 10.5 Å². The minimum atomic E-state index is 0.0916. The van der Waals surface area contributed by atoms with Gasteiger partial charge in [-0.3, -0.25) is 0 Å². The first-order valence-electron chi connectivity index (χ1n) is 4.93. The molecule has 0 aliphatic heterocycles. The van der Waals surface area contributed by atoms with E-state index in [9.17, 15) is 0 Å². The molecular weight excluding hydrogens is 192 g/mol. The van der Waals surface area contributed by atoms with E-state index in [0.717, 1.165) is 19.3 Å². The Morgan fingerprint density at radius 2 is 2.40 bits per heavy atom. The lowest BCUT2D eigenvalue weighted by Crippen LogP contribution is -2.19. The Hall–Kier alpha value is -1.67. The molecule has 2 atom stereocenters. The number of ether oxygens (including phenoxy) is 1. The highest BCUT2D eigenvalue weighted by atomic mass is 16.5. The Morgan fingerprint density at radius 1 is 1.53 bits per heavy atom. The van der Waals surface area contributed by atoms with E-state index < -0.39 is 0 Å². The van der Waals surface area contributed by atoms with E-state index in [2.05, 4.69) is 9.97 Å². The molecule has 2 N–H and O–H groups in total. The second-order valence-corrected chi connectivity index (χ2v) is 3.65. The largest absolute Gasteiger partial charge is 0.460 e. The van der Waals surface area contributed by atoms with Crippen molar-refractivity contribution in [3.05, 3.63) is 18.0 Å². The van der Waals surface area contributed by atoms with E-state index in [-0.39, 0.29) is 18.2 Å². The van der Waals surface area contributed by atoms with Crippen LogP contribution in [0.2, 0.25) is 0 Å². The van der Waals surface area contributed by atoms with Crippen LogP contribution in [0.25, 0.3) is 0 Å². The normalized spacial score (nSPS) is 24.8. The zero-order valence-corrected chi connectivity index (χ0v) is 8.26. The van der Waals surface area contributed by atoms with E-state index in [1.807, 2.05) is 6.07 Å². The predicted octanol–water partition coefficient (Wildman–Crippen LogP) is 0.607. The standard InChI is InChI=1S/C10H12N4O/c11-6-8-3-4-13-10(14-8)15-9-2-1-7(12)5-9/h3-4,7,9H,1-2,5,12H2. The highest BCUT2D eigenvalue weighted by Gasteiger charge is 2.23. The van der Waals surface area contributed by atoms with Crippen molar-refractivity contribution < 1.29 is 4.74 Å². The molecule has 1 heterocycles. The van der Waals surface area contributed by atoms with Gasteiger partial charge in [0, 0.05) is 12.2 Å². The Morgan fingerprint density at radius 3 is 3.07 bits per heavy atom. The van der Waals surface area contributed by atoms with Crippen molar-refractivity contribution in [3.8, 4) is 12.1 Å². The number of aromatic nitrogens is 2. The Kier molecular flexibility index (Phi) is 2.79. The van der Waals surface area contributed by atoms with Crippen LogP contribution in [0.4, 0.5) is 0 Å². The summed E-state index contributed by atoms with van der Waals surface area (Å²) < 4.78 is 5.53. The highest BCUT2D eigenvalue weighted by molar-refractivity contribution is 5.19. The average molecular weight is 204 g/mol. The molecule has 0 amide bonds. The van der Waals surface area contributed by atoms with E-state index in [1.165, 1.54) is 6.20 Å². The molecule has 1 aliphatic rings. The Balaban J connectivity index is 2.02. The quantitative estimate of drug-likeness (QED) is 0.762. The van der Waals surface area contributed by atoms with Gasteiger partial charge in [-0.15, -0.1) is 0 Å². The summed E-state index contributed by atoms with van der Waals surface area (Å²) >= 11 is 0. The summed E-state index contributed by atoms with van der Waals surface area (Å²) in [6, 6.07) is 3.98. The number of nitrogens with two attached hydrogens (primary N) is 1. The van der Waals surface area contributed by atoms with Crippen molar-refractivity contribution in [2.24, 2.45) is 5.73 Å². The molecule has 1 aromatic rings. The number of hydrogen-bond donors (Lipinski definition) is 1. The lowest BCUT2D eigenvalue weighted by molar-refractivity contribution is 0.190.